The van der Waals surface area contributed by atoms with E-state index in [1.54, 1.807) is 19.1 Å². The second-order valence-corrected chi connectivity index (χ2v) is 2.12. The zero-order chi connectivity index (χ0) is 9.98. The lowest BCUT2D eigenvalue weighted by molar-refractivity contribution is -0.132. The zero-order valence-electron chi connectivity index (χ0n) is 7.71. The predicted molar refractivity (Wildman–Crippen MR) is 50.9 cm³/mol. The minimum Gasteiger partial charge on any atom is -0.478 e. The first-order valence-electron chi connectivity index (χ1n) is 3.81. The predicted octanol–water partition coefficient (Wildman–Crippen LogP) is 1.56. The highest BCUT2D eigenvalue weighted by Gasteiger charge is 1.94. The lowest BCUT2D eigenvalue weighted by Gasteiger charge is -1.87. The molecule has 0 amide bonds. The molecule has 3 N–H and O–H groups in total. The van der Waals surface area contributed by atoms with Crippen molar-refractivity contribution in [2.45, 2.75) is 20.3 Å². The summed E-state index contributed by atoms with van der Waals surface area (Å²) in [6.45, 7) is 7.44. The average molecular weight is 171 g/mol. The molecule has 0 aliphatic carbocycles. The Morgan fingerprint density at radius 1 is 1.67 bits per heavy atom. The number of rotatable bonds is 3. The summed E-state index contributed by atoms with van der Waals surface area (Å²) in [6, 6.07) is 0. The van der Waals surface area contributed by atoms with Crippen LogP contribution in [-0.4, -0.2) is 17.6 Å². The maximum Gasteiger partial charge on any atom is 0.330 e. The summed E-state index contributed by atoms with van der Waals surface area (Å²) in [5.74, 6) is -0.827. The molecule has 0 fully saturated rings. The Morgan fingerprint density at radius 3 is 2.17 bits per heavy atom. The molecule has 0 rings (SSSR count). The topological polar surface area (TPSA) is 63.3 Å². The molecule has 0 bridgehead atoms. The molecule has 0 aliphatic rings. The van der Waals surface area contributed by atoms with Gasteiger partial charge in [0.25, 0.3) is 0 Å². The fourth-order valence-corrected chi connectivity index (χ4v) is 0.393. The summed E-state index contributed by atoms with van der Waals surface area (Å²) in [7, 11) is 0. The van der Waals surface area contributed by atoms with Crippen molar-refractivity contribution in [1.82, 2.24) is 0 Å². The van der Waals surface area contributed by atoms with Crippen molar-refractivity contribution in [2.75, 3.05) is 6.54 Å². The average Bonchev–Trinajstić information content (AvgIpc) is 2.05. The Morgan fingerprint density at radius 2 is 2.08 bits per heavy atom. The molecule has 0 unspecified atom stereocenters. The molecule has 0 heterocycles. The summed E-state index contributed by atoms with van der Waals surface area (Å²) < 4.78 is 0. The van der Waals surface area contributed by atoms with Crippen LogP contribution in [-0.2, 0) is 4.79 Å². The molecular weight excluding hydrogens is 154 g/mol. The van der Waals surface area contributed by atoms with Crippen LogP contribution in [0.25, 0.3) is 0 Å². The summed E-state index contributed by atoms with van der Waals surface area (Å²) in [5, 5.41) is 8.24. The molecule has 0 atom stereocenters. The van der Waals surface area contributed by atoms with Crippen LogP contribution in [0.5, 0.6) is 0 Å². The number of allylic oxidation sites excluding steroid dienone is 1. The number of carbonyl (C=O) groups is 1. The number of carboxylic acids is 1. The number of aliphatic carboxylic acids is 1. The van der Waals surface area contributed by atoms with Crippen molar-refractivity contribution in [3.63, 3.8) is 0 Å². The van der Waals surface area contributed by atoms with Gasteiger partial charge in [0.15, 0.2) is 0 Å². The van der Waals surface area contributed by atoms with Crippen LogP contribution in [0.1, 0.15) is 20.3 Å². The third kappa shape index (κ3) is 11.7. The lowest BCUT2D eigenvalue weighted by Crippen LogP contribution is -1.94. The highest BCUT2D eigenvalue weighted by atomic mass is 16.4. The van der Waals surface area contributed by atoms with Crippen molar-refractivity contribution in [3.05, 3.63) is 24.3 Å². The van der Waals surface area contributed by atoms with E-state index >= 15 is 0 Å². The van der Waals surface area contributed by atoms with Crippen LogP contribution in [0.15, 0.2) is 24.3 Å². The molecule has 0 aromatic rings. The maximum absolute atomic E-state index is 10.0. The van der Waals surface area contributed by atoms with Crippen LogP contribution in [0, 0.1) is 0 Å². The Hall–Kier alpha value is -1.09. The molecule has 0 aromatic carbocycles. The summed E-state index contributed by atoms with van der Waals surface area (Å²) in [5.41, 5.74) is 5.33. The minimum absolute atomic E-state index is 0.424. The molecule has 70 valence electrons. The van der Waals surface area contributed by atoms with Crippen LogP contribution in [0.2, 0.25) is 0 Å². The molecule has 0 aromatic heterocycles. The highest BCUT2D eigenvalue weighted by Crippen LogP contribution is 1.92. The van der Waals surface area contributed by atoms with E-state index in [1.165, 1.54) is 0 Å². The molecule has 12 heavy (non-hydrogen) atoms. The number of nitrogens with two attached hydrogens (primary N) is 1. The highest BCUT2D eigenvalue weighted by molar-refractivity contribution is 5.85. The fraction of sp³-hybridized carbons (Fsp3) is 0.444. The Bertz CT molecular complexity index is 162. The first-order valence-corrected chi connectivity index (χ1v) is 3.81. The first-order chi connectivity index (χ1) is 5.59. The van der Waals surface area contributed by atoms with Gasteiger partial charge in [-0.2, -0.15) is 0 Å². The van der Waals surface area contributed by atoms with Crippen molar-refractivity contribution in [2.24, 2.45) is 5.73 Å². The van der Waals surface area contributed by atoms with Crippen LogP contribution in [0.3, 0.4) is 0 Å². The largest absolute Gasteiger partial charge is 0.478 e. The van der Waals surface area contributed by atoms with E-state index in [4.69, 9.17) is 10.8 Å². The second kappa shape index (κ2) is 9.91. The van der Waals surface area contributed by atoms with E-state index in [9.17, 15) is 4.79 Å². The molecule has 0 aliphatic heterocycles. The molecular formula is C9H17NO2. The van der Waals surface area contributed by atoms with Gasteiger partial charge in [-0.05, 0) is 13.3 Å². The molecule has 3 nitrogen and oxygen atoms in total. The molecule has 0 saturated heterocycles. The van der Waals surface area contributed by atoms with Gasteiger partial charge in [-0.3, -0.25) is 0 Å². The van der Waals surface area contributed by atoms with E-state index in [-0.39, 0.29) is 0 Å². The minimum atomic E-state index is -0.827. The fourth-order valence-electron chi connectivity index (χ4n) is 0.393. The summed E-state index contributed by atoms with van der Waals surface area (Å²) in [6.07, 6.45) is 4.13. The standard InChI is InChI=1S/C6H10O2.C3H7N/c1-3-4-5(2)6(7)8;1-2-3-4/h4H,3H2,1-2H3,(H,7,8);2H,1,3-4H2. The number of carboxylic acid groups (broad SMARTS) is 1. The van der Waals surface area contributed by atoms with Crippen molar-refractivity contribution >= 4 is 5.97 Å². The monoisotopic (exact) mass is 171 g/mol. The van der Waals surface area contributed by atoms with E-state index < -0.39 is 5.97 Å². The quantitative estimate of drug-likeness (QED) is 0.500. The molecule has 0 saturated carbocycles. The maximum atomic E-state index is 10.0. The van der Waals surface area contributed by atoms with Crippen molar-refractivity contribution < 1.29 is 9.90 Å². The zero-order valence-corrected chi connectivity index (χ0v) is 7.71. The molecule has 0 spiro atoms. The van der Waals surface area contributed by atoms with E-state index in [2.05, 4.69) is 6.58 Å². The molecule has 0 radical (unpaired) electrons. The third-order valence-electron chi connectivity index (χ3n) is 1.01. The second-order valence-electron chi connectivity index (χ2n) is 2.12. The third-order valence-corrected chi connectivity index (χ3v) is 1.01. The summed E-state index contributed by atoms with van der Waals surface area (Å²) >= 11 is 0. The number of hydrogen-bond acceptors (Lipinski definition) is 2. The van der Waals surface area contributed by atoms with Gasteiger partial charge in [-0.1, -0.05) is 19.1 Å². The lowest BCUT2D eigenvalue weighted by atomic mass is 10.2. The van der Waals surface area contributed by atoms with Crippen LogP contribution < -0.4 is 5.73 Å². The van der Waals surface area contributed by atoms with Gasteiger partial charge in [0, 0.05) is 12.1 Å². The first kappa shape index (κ1) is 13.5. The Balaban J connectivity index is 0. The normalized spacial score (nSPS) is 9.75. The van der Waals surface area contributed by atoms with Crippen LogP contribution >= 0.6 is 0 Å². The van der Waals surface area contributed by atoms with E-state index in [0.29, 0.717) is 12.1 Å². The van der Waals surface area contributed by atoms with Gasteiger partial charge in [0.1, 0.15) is 0 Å². The van der Waals surface area contributed by atoms with Gasteiger partial charge in [0.2, 0.25) is 0 Å². The van der Waals surface area contributed by atoms with Gasteiger partial charge in [0.05, 0.1) is 0 Å². The van der Waals surface area contributed by atoms with Crippen molar-refractivity contribution in [1.29, 1.82) is 0 Å². The SMILES string of the molecule is C=CCN.CCC=C(C)C(=O)O. The van der Waals surface area contributed by atoms with Gasteiger partial charge < -0.3 is 10.8 Å². The smallest absolute Gasteiger partial charge is 0.330 e. The number of hydrogen-bond donors (Lipinski definition) is 2. The van der Waals surface area contributed by atoms with E-state index in [1.807, 2.05) is 6.92 Å². The van der Waals surface area contributed by atoms with Gasteiger partial charge in [-0.15, -0.1) is 6.58 Å². The Labute approximate surface area is 73.6 Å². The van der Waals surface area contributed by atoms with E-state index in [0.717, 1.165) is 6.42 Å². The molecule has 3 heteroatoms. The Kier molecular flexibility index (Phi) is 11.1. The van der Waals surface area contributed by atoms with Crippen molar-refractivity contribution in [3.8, 4) is 0 Å². The summed E-state index contributed by atoms with van der Waals surface area (Å²) in [4.78, 5) is 10.0. The van der Waals surface area contributed by atoms with Gasteiger partial charge in [-0.25, -0.2) is 4.79 Å². The van der Waals surface area contributed by atoms with Crippen LogP contribution in [0.4, 0.5) is 0 Å². The van der Waals surface area contributed by atoms with Gasteiger partial charge >= 0.3 is 5.97 Å².